The molecule has 11 nitrogen and oxygen atoms in total. The van der Waals surface area contributed by atoms with E-state index in [1.54, 1.807) is 13.8 Å². The van der Waals surface area contributed by atoms with Gasteiger partial charge in [0.05, 0.1) is 27.5 Å². The van der Waals surface area contributed by atoms with Crippen LogP contribution in [0.3, 0.4) is 0 Å². The summed E-state index contributed by atoms with van der Waals surface area (Å²) in [5.74, 6) is -2.83. The molecule has 1 aromatic heterocycles. The number of nitro groups is 1. The highest BCUT2D eigenvalue weighted by atomic mass is 32.1. The fraction of sp³-hybridized carbons (Fsp3) is 0.300. The van der Waals surface area contributed by atoms with Crippen molar-refractivity contribution < 1.29 is 33.6 Å². The molecule has 2 aromatic rings. The van der Waals surface area contributed by atoms with Crippen LogP contribution in [-0.4, -0.2) is 48.9 Å². The first kappa shape index (κ1) is 24.5. The molecule has 2 amide bonds. The van der Waals surface area contributed by atoms with Crippen molar-refractivity contribution in [2.24, 2.45) is 0 Å². The van der Waals surface area contributed by atoms with Crippen LogP contribution in [0.1, 0.15) is 48.4 Å². The van der Waals surface area contributed by atoms with Gasteiger partial charge in [0.25, 0.3) is 17.5 Å². The standard InChI is InChI=1S/C20H21N3O8S/c1-5-30-20(27)15-11(3)16(17(25)21-4)32-18(15)22-14(24)9-31-19(26)12-7-6-8-13(10(12)2)23(28)29/h6-8H,5,9H2,1-4H3,(H,21,25)(H,22,24). The quantitative estimate of drug-likeness (QED) is 0.344. The van der Waals surface area contributed by atoms with Gasteiger partial charge >= 0.3 is 11.9 Å². The minimum atomic E-state index is -0.916. The number of esters is 2. The van der Waals surface area contributed by atoms with Gasteiger partial charge in [-0.1, -0.05) is 6.07 Å². The highest BCUT2D eigenvalue weighted by Gasteiger charge is 2.27. The van der Waals surface area contributed by atoms with Crippen molar-refractivity contribution in [1.82, 2.24) is 5.32 Å². The lowest BCUT2D eigenvalue weighted by Gasteiger charge is -2.09. The van der Waals surface area contributed by atoms with Crippen LogP contribution >= 0.6 is 11.3 Å². The molecule has 0 aliphatic rings. The first-order chi connectivity index (χ1) is 15.1. The van der Waals surface area contributed by atoms with E-state index in [2.05, 4.69) is 10.6 Å². The number of ether oxygens (including phenoxy) is 2. The summed E-state index contributed by atoms with van der Waals surface area (Å²) in [6.45, 7) is 3.95. The summed E-state index contributed by atoms with van der Waals surface area (Å²) in [5, 5.41) is 16.0. The number of nitro benzene ring substituents is 1. The number of anilines is 1. The SMILES string of the molecule is CCOC(=O)c1c(NC(=O)COC(=O)c2cccc([N+](=O)[O-])c2C)sc(C(=O)NC)c1C. The number of hydrogen-bond acceptors (Lipinski definition) is 9. The maximum atomic E-state index is 12.4. The summed E-state index contributed by atoms with van der Waals surface area (Å²) in [5.41, 5.74) is 0.181. The lowest BCUT2D eigenvalue weighted by Crippen LogP contribution is -2.22. The Morgan fingerprint density at radius 3 is 2.38 bits per heavy atom. The first-order valence-electron chi connectivity index (χ1n) is 9.35. The fourth-order valence-corrected chi connectivity index (χ4v) is 3.95. The predicted octanol–water partition coefficient (Wildman–Crippen LogP) is 2.60. The number of hydrogen-bond donors (Lipinski definition) is 2. The number of carbonyl (C=O) groups is 4. The smallest absolute Gasteiger partial charge is 0.341 e. The molecule has 1 aromatic carbocycles. The zero-order valence-corrected chi connectivity index (χ0v) is 18.6. The molecule has 170 valence electrons. The Labute approximate surface area is 186 Å². The molecule has 0 bridgehead atoms. The van der Waals surface area contributed by atoms with Gasteiger partial charge in [-0.15, -0.1) is 11.3 Å². The molecule has 0 fully saturated rings. The Hall–Kier alpha value is -3.80. The highest BCUT2D eigenvalue weighted by Crippen LogP contribution is 2.33. The number of thiophene rings is 1. The number of amides is 2. The van der Waals surface area contributed by atoms with E-state index in [0.29, 0.717) is 5.56 Å². The van der Waals surface area contributed by atoms with Crippen molar-refractivity contribution in [1.29, 1.82) is 0 Å². The van der Waals surface area contributed by atoms with Crippen molar-refractivity contribution in [2.45, 2.75) is 20.8 Å². The van der Waals surface area contributed by atoms with Crippen LogP contribution < -0.4 is 10.6 Å². The molecule has 0 saturated carbocycles. The Bertz CT molecular complexity index is 1090. The summed E-state index contributed by atoms with van der Waals surface area (Å²) in [6, 6.07) is 3.93. The van der Waals surface area contributed by atoms with Crippen molar-refractivity contribution >= 4 is 45.8 Å². The summed E-state index contributed by atoms with van der Waals surface area (Å²) in [7, 11) is 1.43. The number of nitrogens with one attached hydrogen (secondary N) is 2. The molecule has 0 aliphatic heterocycles. The Balaban J connectivity index is 2.19. The fourth-order valence-electron chi connectivity index (χ4n) is 2.79. The van der Waals surface area contributed by atoms with Gasteiger partial charge in [-0.25, -0.2) is 9.59 Å². The highest BCUT2D eigenvalue weighted by molar-refractivity contribution is 7.18. The zero-order valence-electron chi connectivity index (χ0n) is 17.8. The third-order valence-electron chi connectivity index (χ3n) is 4.37. The third-order valence-corrected chi connectivity index (χ3v) is 5.57. The van der Waals surface area contributed by atoms with Crippen molar-refractivity contribution in [3.63, 3.8) is 0 Å². The van der Waals surface area contributed by atoms with E-state index in [0.717, 1.165) is 11.3 Å². The molecule has 32 heavy (non-hydrogen) atoms. The van der Waals surface area contributed by atoms with Gasteiger partial charge in [0.15, 0.2) is 6.61 Å². The van der Waals surface area contributed by atoms with Gasteiger partial charge < -0.3 is 20.1 Å². The van der Waals surface area contributed by atoms with Gasteiger partial charge in [-0.2, -0.15) is 0 Å². The topological polar surface area (TPSA) is 154 Å². The molecule has 12 heteroatoms. The molecule has 0 radical (unpaired) electrons. The van der Waals surface area contributed by atoms with E-state index >= 15 is 0 Å². The van der Waals surface area contributed by atoms with Crippen molar-refractivity contribution in [2.75, 3.05) is 25.6 Å². The molecule has 0 unspecified atom stereocenters. The molecule has 0 saturated heterocycles. The molecule has 2 N–H and O–H groups in total. The average Bonchev–Trinajstić information content (AvgIpc) is 3.07. The second kappa shape index (κ2) is 10.5. The van der Waals surface area contributed by atoms with Crippen LogP contribution in [0.4, 0.5) is 10.7 Å². The molecule has 0 aliphatic carbocycles. The summed E-state index contributed by atoms with van der Waals surface area (Å²) in [6.07, 6.45) is 0. The van der Waals surface area contributed by atoms with Crippen LogP contribution in [0.2, 0.25) is 0 Å². The van der Waals surface area contributed by atoms with Gasteiger partial charge in [-0.05, 0) is 32.4 Å². The average molecular weight is 463 g/mol. The van der Waals surface area contributed by atoms with E-state index in [1.807, 2.05) is 0 Å². The Kier molecular flexibility index (Phi) is 8.02. The van der Waals surface area contributed by atoms with Crippen LogP contribution in [0.5, 0.6) is 0 Å². The third kappa shape index (κ3) is 5.27. The minimum Gasteiger partial charge on any atom is -0.462 e. The maximum Gasteiger partial charge on any atom is 0.341 e. The largest absolute Gasteiger partial charge is 0.462 e. The molecular weight excluding hydrogens is 442 g/mol. The molecule has 1 heterocycles. The van der Waals surface area contributed by atoms with Crippen LogP contribution in [-0.2, 0) is 14.3 Å². The number of benzene rings is 1. The number of rotatable bonds is 8. The molecular formula is C20H21N3O8S. The lowest BCUT2D eigenvalue weighted by molar-refractivity contribution is -0.385. The molecule has 0 atom stereocenters. The summed E-state index contributed by atoms with van der Waals surface area (Å²) >= 11 is 0.879. The Morgan fingerprint density at radius 2 is 1.78 bits per heavy atom. The summed E-state index contributed by atoms with van der Waals surface area (Å²) in [4.78, 5) is 59.7. The van der Waals surface area contributed by atoms with Gasteiger partial charge in [0.1, 0.15) is 5.00 Å². The molecule has 2 rings (SSSR count). The van der Waals surface area contributed by atoms with E-state index in [9.17, 15) is 29.3 Å². The number of carbonyl (C=O) groups excluding carboxylic acids is 4. The molecule has 0 spiro atoms. The van der Waals surface area contributed by atoms with E-state index in [1.165, 1.54) is 32.2 Å². The Morgan fingerprint density at radius 1 is 1.09 bits per heavy atom. The van der Waals surface area contributed by atoms with Crippen molar-refractivity contribution in [3.8, 4) is 0 Å². The van der Waals surface area contributed by atoms with Crippen LogP contribution in [0.25, 0.3) is 0 Å². The van der Waals surface area contributed by atoms with Gasteiger partial charge in [0, 0.05) is 18.7 Å². The monoisotopic (exact) mass is 463 g/mol. The summed E-state index contributed by atoms with van der Waals surface area (Å²) < 4.78 is 9.97. The van der Waals surface area contributed by atoms with E-state index in [4.69, 9.17) is 9.47 Å². The lowest BCUT2D eigenvalue weighted by atomic mass is 10.1. The normalized spacial score (nSPS) is 10.2. The van der Waals surface area contributed by atoms with Crippen LogP contribution in [0.15, 0.2) is 18.2 Å². The van der Waals surface area contributed by atoms with E-state index in [-0.39, 0.29) is 38.9 Å². The second-order valence-electron chi connectivity index (χ2n) is 6.39. The first-order valence-corrected chi connectivity index (χ1v) is 10.2. The van der Waals surface area contributed by atoms with Crippen molar-refractivity contribution in [3.05, 3.63) is 55.4 Å². The second-order valence-corrected chi connectivity index (χ2v) is 7.41. The predicted molar refractivity (Wildman–Crippen MR) is 115 cm³/mol. The van der Waals surface area contributed by atoms with E-state index < -0.39 is 35.3 Å². The van der Waals surface area contributed by atoms with Crippen LogP contribution in [0, 0.1) is 24.0 Å². The van der Waals surface area contributed by atoms with Gasteiger partial charge in [0.2, 0.25) is 0 Å². The number of nitrogens with zero attached hydrogens (tertiary/aromatic N) is 1. The zero-order chi connectivity index (χ0) is 24.0. The minimum absolute atomic E-state index is 0.0321. The van der Waals surface area contributed by atoms with Gasteiger partial charge in [-0.3, -0.25) is 19.7 Å². The maximum absolute atomic E-state index is 12.4.